The van der Waals surface area contributed by atoms with E-state index in [0.29, 0.717) is 6.10 Å². The lowest BCUT2D eigenvalue weighted by Crippen LogP contribution is -2.32. The Balaban J connectivity index is 1.95. The Morgan fingerprint density at radius 1 is 1.30 bits per heavy atom. The van der Waals surface area contributed by atoms with Crippen molar-refractivity contribution in [2.24, 2.45) is 5.84 Å². The van der Waals surface area contributed by atoms with E-state index in [-0.39, 0.29) is 12.1 Å². The van der Waals surface area contributed by atoms with Gasteiger partial charge >= 0.3 is 0 Å². The average Bonchev–Trinajstić information content (AvgIpc) is 2.46. The summed E-state index contributed by atoms with van der Waals surface area (Å²) < 4.78 is 11.4. The monoisotopic (exact) mass is 278 g/mol. The van der Waals surface area contributed by atoms with E-state index in [1.54, 1.807) is 0 Å². The molecule has 0 aliphatic carbocycles. The van der Waals surface area contributed by atoms with Crippen molar-refractivity contribution in [2.45, 2.75) is 57.8 Å². The van der Waals surface area contributed by atoms with Gasteiger partial charge in [0.05, 0.1) is 12.2 Å². The molecule has 20 heavy (non-hydrogen) atoms. The molecule has 1 fully saturated rings. The van der Waals surface area contributed by atoms with Gasteiger partial charge < -0.3 is 9.47 Å². The molecule has 1 aliphatic rings. The molecule has 1 aliphatic heterocycles. The molecule has 1 saturated heterocycles. The smallest absolute Gasteiger partial charge is 0.119 e. The Hall–Kier alpha value is -1.10. The average molecular weight is 278 g/mol. The minimum atomic E-state index is 0.131. The molecule has 0 bridgehead atoms. The summed E-state index contributed by atoms with van der Waals surface area (Å²) >= 11 is 0. The zero-order valence-electron chi connectivity index (χ0n) is 12.5. The number of rotatable bonds is 6. The van der Waals surface area contributed by atoms with Crippen LogP contribution >= 0.6 is 0 Å². The lowest BCUT2D eigenvalue weighted by atomic mass is 9.97. The van der Waals surface area contributed by atoms with Gasteiger partial charge in [-0.1, -0.05) is 12.1 Å². The highest BCUT2D eigenvalue weighted by Gasteiger charge is 2.20. The Morgan fingerprint density at radius 2 is 2.05 bits per heavy atom. The van der Waals surface area contributed by atoms with Crippen molar-refractivity contribution in [1.29, 1.82) is 0 Å². The number of hydrazine groups is 1. The third-order valence-corrected chi connectivity index (χ3v) is 3.63. The second kappa shape index (κ2) is 7.62. The highest BCUT2D eigenvalue weighted by Crippen LogP contribution is 2.26. The molecule has 0 amide bonds. The molecule has 4 heteroatoms. The van der Waals surface area contributed by atoms with Gasteiger partial charge in [-0.05, 0) is 57.2 Å². The van der Waals surface area contributed by atoms with Crippen molar-refractivity contribution in [3.8, 4) is 5.75 Å². The Morgan fingerprint density at radius 3 is 2.60 bits per heavy atom. The van der Waals surface area contributed by atoms with Crippen molar-refractivity contribution in [3.63, 3.8) is 0 Å². The first-order valence-corrected chi connectivity index (χ1v) is 7.53. The van der Waals surface area contributed by atoms with Crippen molar-refractivity contribution in [2.75, 3.05) is 6.61 Å². The minimum absolute atomic E-state index is 0.131. The van der Waals surface area contributed by atoms with Crippen LogP contribution in [0.25, 0.3) is 0 Å². The molecule has 0 radical (unpaired) electrons. The second-order valence-corrected chi connectivity index (χ2v) is 5.68. The van der Waals surface area contributed by atoms with E-state index in [1.165, 1.54) is 18.4 Å². The molecule has 2 rings (SSSR count). The lowest BCUT2D eigenvalue weighted by Gasteiger charge is -2.27. The third kappa shape index (κ3) is 4.47. The van der Waals surface area contributed by atoms with Gasteiger partial charge in [0.1, 0.15) is 5.75 Å². The molecule has 112 valence electrons. The summed E-state index contributed by atoms with van der Waals surface area (Å²) in [7, 11) is 0. The summed E-state index contributed by atoms with van der Waals surface area (Å²) in [5.74, 6) is 6.60. The quantitative estimate of drug-likeness (QED) is 0.620. The number of ether oxygens (including phenoxy) is 2. The standard InChI is InChI=1S/C16H26N2O2/c1-12(2)20-14-8-6-13(7-9-14)16(18-17)11-15-5-3-4-10-19-15/h6-9,12,15-16,18H,3-5,10-11,17H2,1-2H3. The van der Waals surface area contributed by atoms with Crippen LogP contribution in [0.4, 0.5) is 0 Å². The molecular weight excluding hydrogens is 252 g/mol. The van der Waals surface area contributed by atoms with Gasteiger partial charge in [0.2, 0.25) is 0 Å². The zero-order valence-corrected chi connectivity index (χ0v) is 12.5. The van der Waals surface area contributed by atoms with Gasteiger partial charge in [0.15, 0.2) is 0 Å². The number of benzene rings is 1. The maximum atomic E-state index is 5.79. The molecule has 2 atom stereocenters. The molecule has 1 aromatic carbocycles. The van der Waals surface area contributed by atoms with Crippen LogP contribution in [0.3, 0.4) is 0 Å². The highest BCUT2D eigenvalue weighted by molar-refractivity contribution is 5.29. The van der Waals surface area contributed by atoms with Gasteiger partial charge in [-0.2, -0.15) is 0 Å². The summed E-state index contributed by atoms with van der Waals surface area (Å²) in [4.78, 5) is 0. The normalized spacial score (nSPS) is 20.9. The van der Waals surface area contributed by atoms with Crippen LogP contribution in [0.1, 0.15) is 51.1 Å². The molecular formula is C16H26N2O2. The number of hydrogen-bond donors (Lipinski definition) is 2. The molecule has 3 N–H and O–H groups in total. The fourth-order valence-corrected chi connectivity index (χ4v) is 2.61. The fraction of sp³-hybridized carbons (Fsp3) is 0.625. The number of nitrogens with two attached hydrogens (primary N) is 1. The van der Waals surface area contributed by atoms with E-state index in [9.17, 15) is 0 Å². The maximum absolute atomic E-state index is 5.79. The predicted molar refractivity (Wildman–Crippen MR) is 80.5 cm³/mol. The van der Waals surface area contributed by atoms with Crippen molar-refractivity contribution in [1.82, 2.24) is 5.43 Å². The first kappa shape index (κ1) is 15.3. The first-order valence-electron chi connectivity index (χ1n) is 7.53. The fourth-order valence-electron chi connectivity index (χ4n) is 2.61. The van der Waals surface area contributed by atoms with E-state index < -0.39 is 0 Å². The van der Waals surface area contributed by atoms with E-state index in [4.69, 9.17) is 15.3 Å². The van der Waals surface area contributed by atoms with E-state index in [1.807, 2.05) is 26.0 Å². The van der Waals surface area contributed by atoms with Crippen LogP contribution in [0.5, 0.6) is 5.75 Å². The molecule has 0 saturated carbocycles. The molecule has 0 spiro atoms. The van der Waals surface area contributed by atoms with Gasteiger partial charge in [-0.25, -0.2) is 0 Å². The Kier molecular flexibility index (Phi) is 5.83. The van der Waals surface area contributed by atoms with E-state index in [0.717, 1.165) is 25.2 Å². The SMILES string of the molecule is CC(C)Oc1ccc(C(CC2CCCCO2)NN)cc1. The Bertz CT molecular complexity index is 386. The van der Waals surface area contributed by atoms with Crippen LogP contribution in [0.15, 0.2) is 24.3 Å². The number of nitrogens with one attached hydrogen (secondary N) is 1. The largest absolute Gasteiger partial charge is 0.491 e. The molecule has 0 aromatic heterocycles. The predicted octanol–water partition coefficient (Wildman–Crippen LogP) is 2.94. The number of hydrogen-bond acceptors (Lipinski definition) is 4. The summed E-state index contributed by atoms with van der Waals surface area (Å²) in [6, 6.07) is 8.28. The third-order valence-electron chi connectivity index (χ3n) is 3.63. The van der Waals surface area contributed by atoms with Gasteiger partial charge in [0.25, 0.3) is 0 Å². The maximum Gasteiger partial charge on any atom is 0.119 e. The zero-order chi connectivity index (χ0) is 14.4. The van der Waals surface area contributed by atoms with Gasteiger partial charge in [-0.3, -0.25) is 11.3 Å². The molecule has 4 nitrogen and oxygen atoms in total. The molecule has 2 unspecified atom stereocenters. The van der Waals surface area contributed by atoms with E-state index >= 15 is 0 Å². The molecule has 1 aromatic rings. The van der Waals surface area contributed by atoms with Crippen molar-refractivity contribution < 1.29 is 9.47 Å². The summed E-state index contributed by atoms with van der Waals surface area (Å²) in [6.45, 7) is 4.93. The van der Waals surface area contributed by atoms with Crippen LogP contribution in [-0.2, 0) is 4.74 Å². The Labute approximate surface area is 121 Å². The van der Waals surface area contributed by atoms with Crippen molar-refractivity contribution >= 4 is 0 Å². The van der Waals surface area contributed by atoms with Crippen LogP contribution < -0.4 is 16.0 Å². The molecule has 1 heterocycles. The summed E-state index contributed by atoms with van der Waals surface area (Å²) in [6.07, 6.45) is 4.99. The topological polar surface area (TPSA) is 56.5 Å². The van der Waals surface area contributed by atoms with Gasteiger partial charge in [-0.15, -0.1) is 0 Å². The summed E-state index contributed by atoms with van der Waals surface area (Å²) in [5.41, 5.74) is 4.08. The van der Waals surface area contributed by atoms with Crippen molar-refractivity contribution in [3.05, 3.63) is 29.8 Å². The first-order chi connectivity index (χ1) is 9.69. The van der Waals surface area contributed by atoms with Crippen LogP contribution in [-0.4, -0.2) is 18.8 Å². The highest BCUT2D eigenvalue weighted by atomic mass is 16.5. The lowest BCUT2D eigenvalue weighted by molar-refractivity contribution is 0.00502. The second-order valence-electron chi connectivity index (χ2n) is 5.68. The van der Waals surface area contributed by atoms with Crippen LogP contribution in [0.2, 0.25) is 0 Å². The summed E-state index contributed by atoms with van der Waals surface area (Å²) in [5, 5.41) is 0. The van der Waals surface area contributed by atoms with Crippen LogP contribution in [0, 0.1) is 0 Å². The van der Waals surface area contributed by atoms with E-state index in [2.05, 4.69) is 17.6 Å². The minimum Gasteiger partial charge on any atom is -0.491 e. The van der Waals surface area contributed by atoms with Gasteiger partial charge in [0, 0.05) is 12.6 Å².